The lowest BCUT2D eigenvalue weighted by Crippen LogP contribution is -2.48. The number of phenolic OH excluding ortho intramolecular Hbond substituents is 2. The highest BCUT2D eigenvalue weighted by Crippen LogP contribution is 2.50. The first-order valence-electron chi connectivity index (χ1n) is 10.6. The number of ether oxygens (including phenoxy) is 2. The van der Waals surface area contributed by atoms with Gasteiger partial charge in [-0.3, -0.25) is 0 Å². The Labute approximate surface area is 182 Å². The molecule has 0 spiro atoms. The van der Waals surface area contributed by atoms with Crippen LogP contribution in [0.2, 0.25) is 0 Å². The number of hydrogen-bond acceptors (Lipinski definition) is 6. The number of phenols is 2. The van der Waals surface area contributed by atoms with Gasteiger partial charge in [-0.15, -0.1) is 0 Å². The maximum atomic E-state index is 11.2. The molecule has 0 amide bonds. The Balaban J connectivity index is 1.83. The van der Waals surface area contributed by atoms with Crippen LogP contribution < -0.4 is 9.47 Å². The molecule has 0 saturated carbocycles. The van der Waals surface area contributed by atoms with Gasteiger partial charge in [-0.1, -0.05) is 17.7 Å². The first-order chi connectivity index (χ1) is 14.6. The predicted octanol–water partition coefficient (Wildman–Crippen LogP) is 4.24. The van der Waals surface area contributed by atoms with Gasteiger partial charge in [-0.05, 0) is 64.7 Å². The molecule has 6 nitrogen and oxygen atoms in total. The quantitative estimate of drug-likeness (QED) is 0.548. The lowest BCUT2D eigenvalue weighted by molar-refractivity contribution is -0.112. The molecule has 2 aliphatic rings. The Morgan fingerprint density at radius 1 is 1.13 bits per heavy atom. The van der Waals surface area contributed by atoms with Crippen LogP contribution in [0, 0.1) is 0 Å². The van der Waals surface area contributed by atoms with E-state index in [0.717, 1.165) is 23.1 Å². The van der Waals surface area contributed by atoms with Crippen LogP contribution in [0.3, 0.4) is 0 Å². The molecule has 0 unspecified atom stereocenters. The van der Waals surface area contributed by atoms with Crippen molar-refractivity contribution in [2.75, 3.05) is 0 Å². The fraction of sp³-hybridized carbons (Fsp3) is 0.440. The second-order valence-corrected chi connectivity index (χ2v) is 9.23. The summed E-state index contributed by atoms with van der Waals surface area (Å²) in [5.74, 6) is 0.915. The molecule has 6 heteroatoms. The first-order valence-corrected chi connectivity index (χ1v) is 10.6. The van der Waals surface area contributed by atoms with Gasteiger partial charge in [0.05, 0.1) is 0 Å². The van der Waals surface area contributed by atoms with E-state index < -0.39 is 17.8 Å². The number of aryl methyl sites for hydroxylation is 1. The third-order valence-electron chi connectivity index (χ3n) is 6.17. The van der Waals surface area contributed by atoms with Gasteiger partial charge in [-0.25, -0.2) is 0 Å². The van der Waals surface area contributed by atoms with Gasteiger partial charge >= 0.3 is 0 Å². The summed E-state index contributed by atoms with van der Waals surface area (Å²) < 4.78 is 12.2. The number of aromatic hydroxyl groups is 2. The van der Waals surface area contributed by atoms with E-state index in [1.165, 1.54) is 0 Å². The number of fused-ring (bicyclic) bond motifs is 2. The Morgan fingerprint density at radius 3 is 2.58 bits per heavy atom. The monoisotopic (exact) mass is 426 g/mol. The van der Waals surface area contributed by atoms with Crippen molar-refractivity contribution in [2.45, 2.75) is 70.9 Å². The molecular formula is C25H30O6. The fourth-order valence-corrected chi connectivity index (χ4v) is 4.32. The van der Waals surface area contributed by atoms with Gasteiger partial charge in [0.2, 0.25) is 0 Å². The van der Waals surface area contributed by atoms with Gasteiger partial charge < -0.3 is 29.9 Å². The van der Waals surface area contributed by atoms with Crippen LogP contribution >= 0.6 is 0 Å². The third-order valence-corrected chi connectivity index (χ3v) is 6.17. The van der Waals surface area contributed by atoms with Crippen LogP contribution in [0.4, 0.5) is 0 Å². The number of benzene rings is 2. The van der Waals surface area contributed by atoms with E-state index in [1.807, 2.05) is 26.0 Å². The SMILES string of the molecule is CC(C)=CCc1c([C@@H]2CCc3ccc(O)cc3O2)cc2c(c1O)OC(C)(C)[C@H](O)[C@@H]2O. The van der Waals surface area contributed by atoms with Crippen molar-refractivity contribution in [3.05, 3.63) is 58.2 Å². The summed E-state index contributed by atoms with van der Waals surface area (Å²) in [6, 6.07) is 6.88. The van der Waals surface area contributed by atoms with Crippen molar-refractivity contribution >= 4 is 0 Å². The number of aliphatic hydroxyl groups is 2. The molecule has 4 N–H and O–H groups in total. The van der Waals surface area contributed by atoms with Gasteiger partial charge in [0, 0.05) is 22.8 Å². The zero-order valence-electron chi connectivity index (χ0n) is 18.3. The Kier molecular flexibility index (Phi) is 5.40. The lowest BCUT2D eigenvalue weighted by atomic mass is 9.84. The summed E-state index contributed by atoms with van der Waals surface area (Å²) in [6.07, 6.45) is 1.24. The second-order valence-electron chi connectivity index (χ2n) is 9.23. The highest BCUT2D eigenvalue weighted by molar-refractivity contribution is 5.59. The molecule has 3 atom stereocenters. The van der Waals surface area contributed by atoms with E-state index in [1.54, 1.807) is 32.0 Å². The molecule has 4 rings (SSSR count). The lowest BCUT2D eigenvalue weighted by Gasteiger charge is -2.41. The first kappa shape index (κ1) is 21.5. The van der Waals surface area contributed by atoms with Crippen LogP contribution in [-0.2, 0) is 12.8 Å². The van der Waals surface area contributed by atoms with E-state index in [-0.39, 0.29) is 23.4 Å². The van der Waals surface area contributed by atoms with Crippen molar-refractivity contribution in [3.63, 3.8) is 0 Å². The zero-order valence-corrected chi connectivity index (χ0v) is 18.3. The average molecular weight is 427 g/mol. The predicted molar refractivity (Wildman–Crippen MR) is 117 cm³/mol. The Morgan fingerprint density at radius 2 is 1.87 bits per heavy atom. The molecule has 166 valence electrons. The molecule has 2 aromatic carbocycles. The summed E-state index contributed by atoms with van der Waals surface area (Å²) >= 11 is 0. The molecule has 2 heterocycles. The summed E-state index contributed by atoms with van der Waals surface area (Å²) in [5, 5.41) is 42.4. The Hall–Kier alpha value is -2.70. The highest BCUT2D eigenvalue weighted by atomic mass is 16.5. The zero-order chi connectivity index (χ0) is 22.5. The third kappa shape index (κ3) is 3.86. The van der Waals surface area contributed by atoms with E-state index in [0.29, 0.717) is 29.7 Å². The van der Waals surface area contributed by atoms with E-state index in [2.05, 4.69) is 0 Å². The summed E-state index contributed by atoms with van der Waals surface area (Å²) in [6.45, 7) is 7.34. The molecule has 0 aliphatic carbocycles. The fourth-order valence-electron chi connectivity index (χ4n) is 4.32. The molecule has 0 aromatic heterocycles. The number of rotatable bonds is 3. The summed E-state index contributed by atoms with van der Waals surface area (Å²) in [4.78, 5) is 0. The standard InChI is InChI=1S/C25H30O6/c1-13(2)5-9-16-17(19-10-7-14-6-8-15(26)11-20(14)30-19)12-18-22(28)24(29)25(3,4)31-23(18)21(16)27/h5-6,8,11-12,19,22,24,26-29H,7,9-10H2,1-4H3/t19-,22+,24+/m0/s1. The molecule has 2 aliphatic heterocycles. The van der Waals surface area contributed by atoms with Crippen molar-refractivity contribution in [1.82, 2.24) is 0 Å². The molecule has 2 aromatic rings. The minimum atomic E-state index is -1.19. The van der Waals surface area contributed by atoms with Crippen LogP contribution in [0.15, 0.2) is 35.9 Å². The number of aliphatic hydroxyl groups excluding tert-OH is 2. The molecule has 0 saturated heterocycles. The van der Waals surface area contributed by atoms with E-state index >= 15 is 0 Å². The summed E-state index contributed by atoms with van der Waals surface area (Å²) in [5.41, 5.74) is 2.86. The normalized spacial score (nSPS) is 23.7. The smallest absolute Gasteiger partial charge is 0.168 e. The van der Waals surface area contributed by atoms with E-state index in [4.69, 9.17) is 9.47 Å². The highest BCUT2D eigenvalue weighted by Gasteiger charge is 2.44. The van der Waals surface area contributed by atoms with Gasteiger partial charge in [0.25, 0.3) is 0 Å². The van der Waals surface area contributed by atoms with Crippen molar-refractivity contribution in [1.29, 1.82) is 0 Å². The Bertz CT molecular complexity index is 1030. The molecular weight excluding hydrogens is 396 g/mol. The van der Waals surface area contributed by atoms with Crippen molar-refractivity contribution < 1.29 is 29.9 Å². The molecule has 0 bridgehead atoms. The van der Waals surface area contributed by atoms with Crippen LogP contribution in [-0.4, -0.2) is 32.1 Å². The van der Waals surface area contributed by atoms with Gasteiger partial charge in [-0.2, -0.15) is 0 Å². The maximum absolute atomic E-state index is 11.2. The van der Waals surface area contributed by atoms with Crippen LogP contribution in [0.25, 0.3) is 0 Å². The van der Waals surface area contributed by atoms with Crippen molar-refractivity contribution in [2.24, 2.45) is 0 Å². The van der Waals surface area contributed by atoms with Gasteiger partial charge in [0.15, 0.2) is 11.5 Å². The minimum Gasteiger partial charge on any atom is -0.508 e. The largest absolute Gasteiger partial charge is 0.508 e. The maximum Gasteiger partial charge on any atom is 0.168 e. The molecule has 0 radical (unpaired) electrons. The van der Waals surface area contributed by atoms with Crippen molar-refractivity contribution in [3.8, 4) is 23.0 Å². The second kappa shape index (κ2) is 7.77. The average Bonchev–Trinajstić information content (AvgIpc) is 2.71. The minimum absolute atomic E-state index is 0.0330. The number of allylic oxidation sites excluding steroid dienone is 2. The molecule has 0 fully saturated rings. The summed E-state index contributed by atoms with van der Waals surface area (Å²) in [7, 11) is 0. The van der Waals surface area contributed by atoms with Crippen LogP contribution in [0.1, 0.15) is 68.6 Å². The topological polar surface area (TPSA) is 99.4 Å². The van der Waals surface area contributed by atoms with E-state index in [9.17, 15) is 20.4 Å². The molecule has 31 heavy (non-hydrogen) atoms. The van der Waals surface area contributed by atoms with Gasteiger partial charge in [0.1, 0.15) is 35.4 Å². The number of hydrogen-bond donors (Lipinski definition) is 4. The van der Waals surface area contributed by atoms with Crippen LogP contribution in [0.5, 0.6) is 23.0 Å².